The minimum absolute atomic E-state index is 0.309. The summed E-state index contributed by atoms with van der Waals surface area (Å²) in [6.45, 7) is 4.17. The molecule has 1 aliphatic rings. The average molecular weight is 152 g/mol. The van der Waals surface area contributed by atoms with Crippen LogP contribution in [0, 0.1) is 12.3 Å². The third kappa shape index (κ3) is 1.95. The van der Waals surface area contributed by atoms with Gasteiger partial charge in [-0.05, 0) is 12.8 Å². The molecule has 1 rings (SSSR count). The molecule has 0 aromatic carbocycles. The van der Waals surface area contributed by atoms with Crippen LogP contribution in [0.5, 0.6) is 0 Å². The van der Waals surface area contributed by atoms with Gasteiger partial charge in [-0.2, -0.15) is 0 Å². The van der Waals surface area contributed by atoms with E-state index in [9.17, 15) is 0 Å². The topological polar surface area (TPSA) is 29.3 Å². The fraction of sp³-hybridized carbons (Fsp3) is 0.778. The molecule has 0 amide bonds. The van der Waals surface area contributed by atoms with Gasteiger partial charge in [-0.25, -0.2) is 0 Å². The van der Waals surface area contributed by atoms with Gasteiger partial charge < -0.3 is 5.73 Å². The first kappa shape index (κ1) is 8.58. The standard InChI is InChI=1S/C9H16N2/c1-3-9(4-2)11-6-5-8(10)7-11/h1,8-9H,4-7,10H2,2H3. The lowest BCUT2D eigenvalue weighted by molar-refractivity contribution is 0.282. The van der Waals surface area contributed by atoms with Gasteiger partial charge in [0.1, 0.15) is 0 Å². The third-order valence-electron chi connectivity index (χ3n) is 2.28. The number of nitrogens with zero attached hydrogens (tertiary/aromatic N) is 1. The van der Waals surface area contributed by atoms with Crippen LogP contribution in [-0.2, 0) is 0 Å². The van der Waals surface area contributed by atoms with E-state index in [1.807, 2.05) is 0 Å². The zero-order valence-corrected chi connectivity index (χ0v) is 7.09. The summed E-state index contributed by atoms with van der Waals surface area (Å²) in [5.74, 6) is 2.78. The summed E-state index contributed by atoms with van der Waals surface area (Å²) in [5, 5.41) is 0. The molecule has 0 radical (unpaired) electrons. The van der Waals surface area contributed by atoms with E-state index in [0.717, 1.165) is 25.9 Å². The first-order valence-corrected chi connectivity index (χ1v) is 4.23. The Morgan fingerprint density at radius 1 is 1.82 bits per heavy atom. The van der Waals surface area contributed by atoms with E-state index in [0.29, 0.717) is 12.1 Å². The molecule has 1 heterocycles. The highest BCUT2D eigenvalue weighted by molar-refractivity contribution is 5.01. The molecule has 62 valence electrons. The van der Waals surface area contributed by atoms with Crippen LogP contribution in [0.1, 0.15) is 19.8 Å². The molecule has 0 bridgehead atoms. The largest absolute Gasteiger partial charge is 0.326 e. The molecule has 0 aromatic rings. The molecule has 2 heteroatoms. The van der Waals surface area contributed by atoms with E-state index < -0.39 is 0 Å². The molecule has 0 aliphatic carbocycles. The Morgan fingerprint density at radius 3 is 2.91 bits per heavy atom. The van der Waals surface area contributed by atoms with Crippen molar-refractivity contribution in [1.82, 2.24) is 4.90 Å². The molecule has 0 saturated carbocycles. The highest BCUT2D eigenvalue weighted by Crippen LogP contribution is 2.12. The molecule has 2 N–H and O–H groups in total. The molecule has 1 aliphatic heterocycles. The normalized spacial score (nSPS) is 28.3. The maximum Gasteiger partial charge on any atom is 0.0709 e. The van der Waals surface area contributed by atoms with Crippen molar-refractivity contribution in [1.29, 1.82) is 0 Å². The summed E-state index contributed by atoms with van der Waals surface area (Å²) in [6.07, 6.45) is 7.50. The lowest BCUT2D eigenvalue weighted by atomic mass is 10.2. The Morgan fingerprint density at radius 2 is 2.55 bits per heavy atom. The number of nitrogens with two attached hydrogens (primary N) is 1. The maximum absolute atomic E-state index is 5.76. The van der Waals surface area contributed by atoms with E-state index in [1.165, 1.54) is 0 Å². The van der Waals surface area contributed by atoms with Crippen LogP contribution < -0.4 is 5.73 Å². The van der Waals surface area contributed by atoms with Crippen LogP contribution in [0.3, 0.4) is 0 Å². The smallest absolute Gasteiger partial charge is 0.0709 e. The van der Waals surface area contributed by atoms with Gasteiger partial charge in [0, 0.05) is 19.1 Å². The number of rotatable bonds is 2. The van der Waals surface area contributed by atoms with Crippen molar-refractivity contribution in [2.24, 2.45) is 5.73 Å². The second kappa shape index (κ2) is 3.75. The number of hydrogen-bond donors (Lipinski definition) is 1. The molecule has 2 nitrogen and oxygen atoms in total. The van der Waals surface area contributed by atoms with E-state index in [-0.39, 0.29) is 0 Å². The van der Waals surface area contributed by atoms with E-state index in [2.05, 4.69) is 17.7 Å². The van der Waals surface area contributed by atoms with Crippen LogP contribution in [0.25, 0.3) is 0 Å². The summed E-state index contributed by atoms with van der Waals surface area (Å²) >= 11 is 0. The summed E-state index contributed by atoms with van der Waals surface area (Å²) in [6, 6.07) is 0.654. The maximum atomic E-state index is 5.76. The summed E-state index contributed by atoms with van der Waals surface area (Å²) in [4.78, 5) is 2.30. The first-order chi connectivity index (χ1) is 5.27. The van der Waals surface area contributed by atoms with Crippen LogP contribution in [0.4, 0.5) is 0 Å². The second-order valence-electron chi connectivity index (χ2n) is 3.13. The van der Waals surface area contributed by atoms with Gasteiger partial charge in [-0.15, -0.1) is 6.42 Å². The molecule has 11 heavy (non-hydrogen) atoms. The molecule has 1 saturated heterocycles. The van der Waals surface area contributed by atoms with Gasteiger partial charge in [0.05, 0.1) is 6.04 Å². The Hall–Kier alpha value is -0.520. The van der Waals surface area contributed by atoms with Crippen molar-refractivity contribution in [3.8, 4) is 12.3 Å². The van der Waals surface area contributed by atoms with Crippen molar-refractivity contribution in [2.75, 3.05) is 13.1 Å². The first-order valence-electron chi connectivity index (χ1n) is 4.23. The molecule has 2 atom stereocenters. The number of likely N-dealkylation sites (tertiary alicyclic amines) is 1. The zero-order chi connectivity index (χ0) is 8.27. The molecule has 1 fully saturated rings. The van der Waals surface area contributed by atoms with Crippen molar-refractivity contribution >= 4 is 0 Å². The van der Waals surface area contributed by atoms with E-state index >= 15 is 0 Å². The van der Waals surface area contributed by atoms with Crippen molar-refractivity contribution in [3.05, 3.63) is 0 Å². The lowest BCUT2D eigenvalue weighted by Gasteiger charge is -2.21. The highest BCUT2D eigenvalue weighted by atomic mass is 15.2. The molecular weight excluding hydrogens is 136 g/mol. The molecule has 2 unspecified atom stereocenters. The third-order valence-corrected chi connectivity index (χ3v) is 2.28. The van der Waals surface area contributed by atoms with Gasteiger partial charge in [-0.3, -0.25) is 4.90 Å². The van der Waals surface area contributed by atoms with Crippen LogP contribution in [0.15, 0.2) is 0 Å². The second-order valence-corrected chi connectivity index (χ2v) is 3.13. The van der Waals surface area contributed by atoms with Crippen LogP contribution in [0.2, 0.25) is 0 Å². The fourth-order valence-corrected chi connectivity index (χ4v) is 1.58. The minimum Gasteiger partial charge on any atom is -0.326 e. The van der Waals surface area contributed by atoms with Gasteiger partial charge in [-0.1, -0.05) is 12.8 Å². The van der Waals surface area contributed by atoms with Gasteiger partial charge in [0.15, 0.2) is 0 Å². The molecular formula is C9H16N2. The minimum atomic E-state index is 0.309. The monoisotopic (exact) mass is 152 g/mol. The van der Waals surface area contributed by atoms with Gasteiger partial charge >= 0.3 is 0 Å². The lowest BCUT2D eigenvalue weighted by Crippen LogP contribution is -2.34. The molecule has 0 aromatic heterocycles. The predicted octanol–water partition coefficient (Wildman–Crippen LogP) is 0.431. The average Bonchev–Trinajstić information content (AvgIpc) is 2.39. The van der Waals surface area contributed by atoms with Crippen molar-refractivity contribution in [2.45, 2.75) is 31.8 Å². The van der Waals surface area contributed by atoms with Crippen LogP contribution >= 0.6 is 0 Å². The summed E-state index contributed by atoms with van der Waals surface area (Å²) < 4.78 is 0. The highest BCUT2D eigenvalue weighted by Gasteiger charge is 2.23. The van der Waals surface area contributed by atoms with Gasteiger partial charge in [0.25, 0.3) is 0 Å². The predicted molar refractivity (Wildman–Crippen MR) is 47.1 cm³/mol. The molecule has 0 spiro atoms. The van der Waals surface area contributed by atoms with Crippen molar-refractivity contribution in [3.63, 3.8) is 0 Å². The SMILES string of the molecule is C#CC(CC)N1CCC(N)C1. The van der Waals surface area contributed by atoms with Gasteiger partial charge in [0.2, 0.25) is 0 Å². The zero-order valence-electron chi connectivity index (χ0n) is 7.09. The fourth-order valence-electron chi connectivity index (χ4n) is 1.58. The Balaban J connectivity index is 2.42. The van der Waals surface area contributed by atoms with E-state index in [1.54, 1.807) is 0 Å². The summed E-state index contributed by atoms with van der Waals surface area (Å²) in [7, 11) is 0. The van der Waals surface area contributed by atoms with Crippen LogP contribution in [-0.4, -0.2) is 30.1 Å². The Bertz CT molecular complexity index is 159. The Kier molecular flexibility index (Phi) is 2.92. The van der Waals surface area contributed by atoms with E-state index in [4.69, 9.17) is 12.2 Å². The summed E-state index contributed by atoms with van der Waals surface area (Å²) in [5.41, 5.74) is 5.76. The quantitative estimate of drug-likeness (QED) is 0.581. The number of hydrogen-bond acceptors (Lipinski definition) is 2. The Labute approximate surface area is 68.8 Å². The van der Waals surface area contributed by atoms with Crippen molar-refractivity contribution < 1.29 is 0 Å². The number of terminal acetylenes is 1.